The highest BCUT2D eigenvalue weighted by molar-refractivity contribution is 7.89. The van der Waals surface area contributed by atoms with E-state index in [1.54, 1.807) is 14.8 Å². The van der Waals surface area contributed by atoms with Crippen molar-refractivity contribution in [2.75, 3.05) is 26.2 Å². The minimum atomic E-state index is -3.79. The molecule has 1 aliphatic rings. The third-order valence-corrected chi connectivity index (χ3v) is 8.40. The van der Waals surface area contributed by atoms with Gasteiger partial charge in [0.25, 0.3) is 0 Å². The molecule has 28 heavy (non-hydrogen) atoms. The highest BCUT2D eigenvalue weighted by Gasteiger charge is 2.31. The highest BCUT2D eigenvalue weighted by Crippen LogP contribution is 2.31. The summed E-state index contributed by atoms with van der Waals surface area (Å²) in [5, 5.41) is 1.94. The second kappa shape index (κ2) is 8.54. The predicted molar refractivity (Wildman–Crippen MR) is 110 cm³/mol. The summed E-state index contributed by atoms with van der Waals surface area (Å²) in [7, 11) is -3.79. The van der Waals surface area contributed by atoms with Gasteiger partial charge in [-0.25, -0.2) is 8.42 Å². The Balaban J connectivity index is 1.61. The van der Waals surface area contributed by atoms with Crippen LogP contribution in [0.2, 0.25) is 10.0 Å². The predicted octanol–water partition coefficient (Wildman–Crippen LogP) is 2.45. The van der Waals surface area contributed by atoms with Crippen LogP contribution in [0.15, 0.2) is 33.3 Å². The Morgan fingerprint density at radius 2 is 1.86 bits per heavy atom. The first kappa shape index (κ1) is 21.3. The van der Waals surface area contributed by atoms with Gasteiger partial charge in [0.15, 0.2) is 0 Å². The minimum absolute atomic E-state index is 0.000697. The number of aryl methyl sites for hydroxylation is 1. The molecule has 1 aromatic heterocycles. The molecule has 1 fully saturated rings. The number of benzene rings is 1. The lowest BCUT2D eigenvalue weighted by Gasteiger charge is -2.34. The minimum Gasteiger partial charge on any atom is -0.340 e. The van der Waals surface area contributed by atoms with Crippen LogP contribution in [0.3, 0.4) is 0 Å². The van der Waals surface area contributed by atoms with Crippen molar-refractivity contribution in [3.8, 4) is 0 Å². The van der Waals surface area contributed by atoms with Crippen molar-refractivity contribution in [3.05, 3.63) is 49.0 Å². The number of carbonyl (C=O) groups excluding carboxylic acids is 1. The molecule has 0 aliphatic carbocycles. The van der Waals surface area contributed by atoms with E-state index in [0.717, 1.165) is 17.0 Å². The molecule has 0 radical (unpaired) electrons. The van der Waals surface area contributed by atoms with E-state index >= 15 is 0 Å². The number of hydrogen-bond donors (Lipinski definition) is 0. The quantitative estimate of drug-likeness (QED) is 0.681. The molecule has 3 rings (SSSR count). The molecule has 2 heterocycles. The van der Waals surface area contributed by atoms with E-state index in [4.69, 9.17) is 23.2 Å². The Labute approximate surface area is 177 Å². The Kier molecular flexibility index (Phi) is 6.51. The van der Waals surface area contributed by atoms with Gasteiger partial charge in [0.2, 0.25) is 15.9 Å². The van der Waals surface area contributed by atoms with Gasteiger partial charge >= 0.3 is 4.87 Å². The van der Waals surface area contributed by atoms with Crippen molar-refractivity contribution in [2.24, 2.45) is 0 Å². The molecule has 1 saturated heterocycles. The van der Waals surface area contributed by atoms with Gasteiger partial charge in [0, 0.05) is 50.2 Å². The Morgan fingerprint density at radius 3 is 2.46 bits per heavy atom. The van der Waals surface area contributed by atoms with Crippen LogP contribution in [-0.2, 0) is 21.4 Å². The fraction of sp³-hybridized carbons (Fsp3) is 0.412. The van der Waals surface area contributed by atoms with Gasteiger partial charge in [-0.05, 0) is 19.1 Å². The maximum Gasteiger partial charge on any atom is 0.307 e. The van der Waals surface area contributed by atoms with Crippen LogP contribution >= 0.6 is 34.5 Å². The van der Waals surface area contributed by atoms with Gasteiger partial charge in [-0.2, -0.15) is 4.31 Å². The Morgan fingerprint density at radius 1 is 1.18 bits per heavy atom. The number of rotatable bonds is 5. The fourth-order valence-electron chi connectivity index (χ4n) is 3.04. The largest absolute Gasteiger partial charge is 0.340 e. The summed E-state index contributed by atoms with van der Waals surface area (Å²) in [4.78, 5) is 25.7. The van der Waals surface area contributed by atoms with Crippen molar-refractivity contribution in [2.45, 2.75) is 24.8 Å². The Bertz CT molecular complexity index is 1040. The van der Waals surface area contributed by atoms with Crippen LogP contribution in [0.1, 0.15) is 12.1 Å². The van der Waals surface area contributed by atoms with E-state index in [0.29, 0.717) is 6.54 Å². The molecule has 1 aromatic carbocycles. The molecule has 0 bridgehead atoms. The van der Waals surface area contributed by atoms with E-state index in [1.807, 2.05) is 6.92 Å². The van der Waals surface area contributed by atoms with Gasteiger partial charge in [-0.1, -0.05) is 40.6 Å². The summed E-state index contributed by atoms with van der Waals surface area (Å²) < 4.78 is 28.6. The number of hydrogen-bond acceptors (Lipinski definition) is 5. The maximum atomic E-state index is 12.8. The van der Waals surface area contributed by atoms with Gasteiger partial charge in [0.1, 0.15) is 4.90 Å². The molecule has 0 saturated carbocycles. The summed E-state index contributed by atoms with van der Waals surface area (Å²) in [6, 6.07) is 4.48. The molecular weight excluding hydrogens is 445 g/mol. The molecule has 0 unspecified atom stereocenters. The zero-order valence-electron chi connectivity index (χ0n) is 15.1. The summed E-state index contributed by atoms with van der Waals surface area (Å²) in [5.74, 6) is -0.102. The average molecular weight is 464 g/mol. The number of sulfonamides is 1. The van der Waals surface area contributed by atoms with E-state index < -0.39 is 10.0 Å². The number of halogens is 2. The zero-order chi connectivity index (χ0) is 20.5. The smallest absolute Gasteiger partial charge is 0.307 e. The molecule has 1 amide bonds. The lowest BCUT2D eigenvalue weighted by Crippen LogP contribution is -2.50. The number of piperazine rings is 1. The molecular formula is C17H19Cl2N3O4S2. The van der Waals surface area contributed by atoms with E-state index in [9.17, 15) is 18.0 Å². The fourth-order valence-corrected chi connectivity index (χ4v) is 5.96. The molecule has 0 N–H and O–H groups in total. The van der Waals surface area contributed by atoms with Crippen LogP contribution < -0.4 is 4.87 Å². The van der Waals surface area contributed by atoms with Crippen molar-refractivity contribution >= 4 is 50.5 Å². The first-order valence-electron chi connectivity index (χ1n) is 8.58. The average Bonchev–Trinajstić information content (AvgIpc) is 2.99. The summed E-state index contributed by atoms with van der Waals surface area (Å²) in [6.45, 7) is 3.07. The first-order valence-corrected chi connectivity index (χ1v) is 11.7. The molecule has 0 spiro atoms. The molecule has 152 valence electrons. The standard InChI is InChI=1S/C17H19Cl2N3O4S2/c1-12-11-27-17(24)22(12)6-5-15(23)20-7-9-21(10-8-20)28(25,26)14-4-2-3-13(18)16(14)19/h2-4,11H,5-10H2,1H3. The van der Waals surface area contributed by atoms with Gasteiger partial charge < -0.3 is 9.47 Å². The van der Waals surface area contributed by atoms with Crippen LogP contribution in [0.5, 0.6) is 0 Å². The maximum absolute atomic E-state index is 12.8. The van der Waals surface area contributed by atoms with Gasteiger partial charge in [-0.15, -0.1) is 0 Å². The van der Waals surface area contributed by atoms with Crippen LogP contribution in [0.25, 0.3) is 0 Å². The lowest BCUT2D eigenvalue weighted by molar-refractivity contribution is -0.132. The van der Waals surface area contributed by atoms with Crippen molar-refractivity contribution < 1.29 is 13.2 Å². The van der Waals surface area contributed by atoms with Crippen molar-refractivity contribution in [3.63, 3.8) is 0 Å². The number of aromatic nitrogens is 1. The number of amides is 1. The van der Waals surface area contributed by atoms with E-state index in [2.05, 4.69) is 0 Å². The summed E-state index contributed by atoms with van der Waals surface area (Å²) in [5.41, 5.74) is 0.831. The summed E-state index contributed by atoms with van der Waals surface area (Å²) in [6.07, 6.45) is 0.199. The molecule has 7 nitrogen and oxygen atoms in total. The topological polar surface area (TPSA) is 79.7 Å². The normalized spacial score (nSPS) is 15.8. The molecule has 1 aliphatic heterocycles. The molecule has 0 atom stereocenters. The monoisotopic (exact) mass is 463 g/mol. The Hall–Kier alpha value is -1.39. The van der Waals surface area contributed by atoms with E-state index in [1.165, 1.54) is 22.5 Å². The first-order chi connectivity index (χ1) is 13.2. The lowest BCUT2D eigenvalue weighted by atomic mass is 10.3. The summed E-state index contributed by atoms with van der Waals surface area (Å²) >= 11 is 13.1. The molecule has 2 aromatic rings. The van der Waals surface area contributed by atoms with Gasteiger partial charge in [-0.3, -0.25) is 9.59 Å². The number of thiazole rings is 1. The van der Waals surface area contributed by atoms with Crippen molar-refractivity contribution in [1.29, 1.82) is 0 Å². The number of carbonyl (C=O) groups is 1. The second-order valence-corrected chi connectivity index (χ2v) is 9.89. The highest BCUT2D eigenvalue weighted by atomic mass is 35.5. The van der Waals surface area contributed by atoms with Crippen LogP contribution in [0.4, 0.5) is 0 Å². The van der Waals surface area contributed by atoms with Crippen LogP contribution in [0, 0.1) is 6.92 Å². The van der Waals surface area contributed by atoms with Crippen LogP contribution in [-0.4, -0.2) is 54.3 Å². The zero-order valence-corrected chi connectivity index (χ0v) is 18.2. The molecule has 11 heteroatoms. The number of nitrogens with zero attached hydrogens (tertiary/aromatic N) is 3. The van der Waals surface area contributed by atoms with Crippen molar-refractivity contribution in [1.82, 2.24) is 13.8 Å². The van der Waals surface area contributed by atoms with Gasteiger partial charge in [0.05, 0.1) is 10.0 Å². The second-order valence-electron chi connectivity index (χ2n) is 6.38. The SMILES string of the molecule is Cc1csc(=O)n1CCC(=O)N1CCN(S(=O)(=O)c2cccc(Cl)c2Cl)CC1. The van der Waals surface area contributed by atoms with E-state index in [-0.39, 0.29) is 58.3 Å². The third-order valence-electron chi connectivity index (χ3n) is 4.65. The third kappa shape index (κ3) is 4.28.